The van der Waals surface area contributed by atoms with Crippen molar-refractivity contribution in [3.63, 3.8) is 0 Å². The molecule has 1 aliphatic carbocycles. The molecule has 1 heterocycles. The first-order valence-electron chi connectivity index (χ1n) is 6.56. The number of nitrogen functional groups attached to an aromatic ring is 1. The van der Waals surface area contributed by atoms with Gasteiger partial charge in [-0.25, -0.2) is 10.8 Å². The molecule has 0 spiro atoms. The summed E-state index contributed by atoms with van der Waals surface area (Å²) in [6.07, 6.45) is 2.24. The number of hydrogen-bond donors (Lipinski definition) is 2. The second-order valence-corrected chi connectivity index (χ2v) is 6.73. The average Bonchev–Trinajstić information content (AvgIpc) is 3.28. The normalized spacial score (nSPS) is 14.1. The van der Waals surface area contributed by atoms with Crippen LogP contribution >= 0.6 is 31.9 Å². The highest BCUT2D eigenvalue weighted by atomic mass is 79.9. The monoisotopic (exact) mass is 412 g/mol. The highest BCUT2D eigenvalue weighted by molar-refractivity contribution is 9.11. The second-order valence-electron chi connectivity index (χ2n) is 4.96. The van der Waals surface area contributed by atoms with Crippen molar-refractivity contribution >= 4 is 37.7 Å². The summed E-state index contributed by atoms with van der Waals surface area (Å²) in [6, 6.07) is 5.72. The molecule has 0 atom stereocenters. The Balaban J connectivity index is 1.98. The van der Waals surface area contributed by atoms with Crippen LogP contribution in [0.5, 0.6) is 11.6 Å². The molecule has 110 valence electrons. The van der Waals surface area contributed by atoms with Crippen LogP contribution < -0.4 is 16.0 Å². The van der Waals surface area contributed by atoms with Crippen molar-refractivity contribution in [1.29, 1.82) is 0 Å². The van der Waals surface area contributed by atoms with E-state index in [1.165, 1.54) is 0 Å². The summed E-state index contributed by atoms with van der Waals surface area (Å²) in [7, 11) is 0. The van der Waals surface area contributed by atoms with Crippen molar-refractivity contribution < 1.29 is 4.74 Å². The summed E-state index contributed by atoms with van der Waals surface area (Å²) in [5.74, 6) is 8.59. The van der Waals surface area contributed by atoms with E-state index < -0.39 is 0 Å². The van der Waals surface area contributed by atoms with Gasteiger partial charge in [0.05, 0.1) is 10.0 Å². The number of nitrogens with one attached hydrogen (secondary N) is 1. The number of hydrogen-bond acceptors (Lipinski definition) is 5. The van der Waals surface area contributed by atoms with Gasteiger partial charge < -0.3 is 10.2 Å². The van der Waals surface area contributed by atoms with Gasteiger partial charge in [0.2, 0.25) is 5.88 Å². The third-order valence-electron chi connectivity index (χ3n) is 3.30. The highest BCUT2D eigenvalue weighted by Crippen LogP contribution is 2.41. The summed E-state index contributed by atoms with van der Waals surface area (Å²) in [6.45, 7) is 1.88. The molecule has 1 aromatic heterocycles. The predicted molar refractivity (Wildman–Crippen MR) is 88.5 cm³/mol. The van der Waals surface area contributed by atoms with Crippen LogP contribution in [0.2, 0.25) is 0 Å². The Morgan fingerprint density at radius 1 is 1.29 bits per heavy atom. The number of aromatic nitrogens is 2. The first kappa shape index (κ1) is 14.7. The van der Waals surface area contributed by atoms with E-state index in [0.717, 1.165) is 33.2 Å². The third kappa shape index (κ3) is 3.20. The minimum atomic E-state index is 0.424. The van der Waals surface area contributed by atoms with Crippen LogP contribution in [-0.2, 0) is 0 Å². The van der Waals surface area contributed by atoms with Crippen LogP contribution in [0, 0.1) is 6.92 Å². The molecule has 0 aliphatic heterocycles. The van der Waals surface area contributed by atoms with E-state index in [-0.39, 0.29) is 0 Å². The molecule has 1 saturated carbocycles. The second kappa shape index (κ2) is 5.90. The lowest BCUT2D eigenvalue weighted by Crippen LogP contribution is -2.13. The van der Waals surface area contributed by atoms with Crippen LogP contribution in [0.3, 0.4) is 0 Å². The van der Waals surface area contributed by atoms with Crippen molar-refractivity contribution in [2.45, 2.75) is 25.7 Å². The van der Waals surface area contributed by atoms with E-state index in [9.17, 15) is 0 Å². The number of nitrogens with zero attached hydrogens (tertiary/aromatic N) is 2. The van der Waals surface area contributed by atoms with Crippen LogP contribution in [0.4, 0.5) is 5.82 Å². The molecular weight excluding hydrogens is 400 g/mol. The summed E-state index contributed by atoms with van der Waals surface area (Å²) in [4.78, 5) is 8.99. The topological polar surface area (TPSA) is 73.1 Å². The highest BCUT2D eigenvalue weighted by Gasteiger charge is 2.28. The van der Waals surface area contributed by atoms with Crippen molar-refractivity contribution in [3.8, 4) is 11.6 Å². The molecule has 0 amide bonds. The van der Waals surface area contributed by atoms with Crippen LogP contribution in [0.25, 0.3) is 0 Å². The Labute approximate surface area is 139 Å². The van der Waals surface area contributed by atoms with Gasteiger partial charge in [0.15, 0.2) is 5.82 Å². The molecule has 7 heteroatoms. The van der Waals surface area contributed by atoms with E-state index in [2.05, 4.69) is 47.3 Å². The Kier molecular flexibility index (Phi) is 4.14. The number of benzene rings is 1. The number of rotatable bonds is 4. The van der Waals surface area contributed by atoms with Gasteiger partial charge in [0.1, 0.15) is 11.6 Å². The first-order valence-corrected chi connectivity index (χ1v) is 8.15. The van der Waals surface area contributed by atoms with Crippen molar-refractivity contribution in [2.24, 2.45) is 5.84 Å². The summed E-state index contributed by atoms with van der Waals surface area (Å²) in [5, 5.41) is 0. The molecule has 3 rings (SSSR count). The van der Waals surface area contributed by atoms with Gasteiger partial charge in [-0.05, 0) is 53.9 Å². The van der Waals surface area contributed by atoms with Gasteiger partial charge in [0.25, 0.3) is 0 Å². The van der Waals surface area contributed by atoms with Crippen LogP contribution in [0.15, 0.2) is 27.1 Å². The zero-order valence-corrected chi connectivity index (χ0v) is 14.5. The molecule has 0 radical (unpaired) electrons. The maximum absolute atomic E-state index is 5.94. The van der Waals surface area contributed by atoms with Gasteiger partial charge >= 0.3 is 0 Å². The van der Waals surface area contributed by atoms with Crippen molar-refractivity contribution in [1.82, 2.24) is 9.97 Å². The number of ether oxygens (including phenoxy) is 1. The van der Waals surface area contributed by atoms with Crippen LogP contribution in [0.1, 0.15) is 30.1 Å². The molecule has 1 aromatic carbocycles. The third-order valence-corrected chi connectivity index (χ3v) is 4.41. The molecule has 3 N–H and O–H groups in total. The minimum absolute atomic E-state index is 0.424. The fourth-order valence-corrected chi connectivity index (χ4v) is 3.07. The fraction of sp³-hybridized carbons (Fsp3) is 0.286. The molecule has 1 aliphatic rings. The van der Waals surface area contributed by atoms with Crippen LogP contribution in [-0.4, -0.2) is 9.97 Å². The van der Waals surface area contributed by atoms with Gasteiger partial charge in [-0.2, -0.15) is 4.98 Å². The predicted octanol–water partition coefficient (Wildman–Crippen LogP) is 4.27. The maximum atomic E-state index is 5.94. The molecule has 2 aromatic rings. The summed E-state index contributed by atoms with van der Waals surface area (Å²) in [5.41, 5.74) is 3.41. The van der Waals surface area contributed by atoms with Gasteiger partial charge in [-0.1, -0.05) is 15.9 Å². The molecular formula is C14H14Br2N4O. The summed E-state index contributed by atoms with van der Waals surface area (Å²) >= 11 is 6.91. The zero-order valence-electron chi connectivity index (χ0n) is 11.4. The van der Waals surface area contributed by atoms with E-state index >= 15 is 0 Å². The lowest BCUT2D eigenvalue weighted by molar-refractivity contribution is 0.452. The van der Waals surface area contributed by atoms with E-state index in [0.29, 0.717) is 23.4 Å². The fourth-order valence-electron chi connectivity index (χ4n) is 1.94. The quantitative estimate of drug-likeness (QED) is 0.578. The lowest BCUT2D eigenvalue weighted by atomic mass is 10.3. The van der Waals surface area contributed by atoms with Gasteiger partial charge in [0, 0.05) is 10.4 Å². The Bertz CT molecular complexity index is 689. The Morgan fingerprint density at radius 2 is 2.05 bits per heavy atom. The number of hydrazine groups is 1. The van der Waals surface area contributed by atoms with Crippen molar-refractivity contribution in [3.05, 3.63) is 38.5 Å². The molecule has 21 heavy (non-hydrogen) atoms. The Hall–Kier alpha value is -1.18. The van der Waals surface area contributed by atoms with Gasteiger partial charge in [-0.15, -0.1) is 0 Å². The largest absolute Gasteiger partial charge is 0.437 e. The van der Waals surface area contributed by atoms with E-state index in [1.54, 1.807) is 0 Å². The molecule has 1 fully saturated rings. The van der Waals surface area contributed by atoms with E-state index in [1.807, 2.05) is 25.1 Å². The van der Waals surface area contributed by atoms with Gasteiger partial charge in [-0.3, -0.25) is 0 Å². The first-order chi connectivity index (χ1) is 10.1. The molecule has 5 nitrogen and oxygen atoms in total. The minimum Gasteiger partial charge on any atom is -0.437 e. The molecule has 0 unspecified atom stereocenters. The van der Waals surface area contributed by atoms with Crippen molar-refractivity contribution in [2.75, 3.05) is 5.43 Å². The molecule has 0 bridgehead atoms. The lowest BCUT2D eigenvalue weighted by Gasteiger charge is -2.13. The Morgan fingerprint density at radius 3 is 2.67 bits per heavy atom. The number of nitrogens with two attached hydrogens (primary N) is 1. The zero-order chi connectivity index (χ0) is 15.0. The maximum Gasteiger partial charge on any atom is 0.227 e. The average molecular weight is 414 g/mol. The molecule has 0 saturated heterocycles. The summed E-state index contributed by atoms with van der Waals surface area (Å²) < 4.78 is 7.77. The van der Waals surface area contributed by atoms with E-state index in [4.69, 9.17) is 10.6 Å². The SMILES string of the molecule is Cc1c(NN)nc(C2CC2)nc1Oc1ccc(Br)cc1Br. The standard InChI is InChI=1S/C14H14Br2N4O/c1-7-12(20-17)18-13(8-2-3-8)19-14(7)21-11-5-4-9(15)6-10(11)16/h4-6,8H,2-3,17H2,1H3,(H,18,19,20). The smallest absolute Gasteiger partial charge is 0.227 e. The number of anilines is 1. The number of halogens is 2.